The minimum absolute atomic E-state index is 0.0453. The summed E-state index contributed by atoms with van der Waals surface area (Å²) in [6.45, 7) is 1.84. The molecule has 0 aromatic carbocycles. The lowest BCUT2D eigenvalue weighted by molar-refractivity contribution is -0.131. The van der Waals surface area contributed by atoms with Crippen LogP contribution in [0.15, 0.2) is 11.6 Å². The molecule has 0 aromatic rings. The predicted molar refractivity (Wildman–Crippen MR) is 53.7 cm³/mol. The fraction of sp³-hybridized carbons (Fsp3) is 0.667. The van der Waals surface area contributed by atoms with E-state index in [-0.39, 0.29) is 30.2 Å². The highest BCUT2D eigenvalue weighted by molar-refractivity contribution is 9.10. The molecule has 0 saturated carbocycles. The van der Waals surface area contributed by atoms with Gasteiger partial charge in [-0.05, 0) is 13.3 Å². The van der Waals surface area contributed by atoms with Gasteiger partial charge in [-0.15, -0.1) is 0 Å². The Morgan fingerprint density at radius 3 is 2.53 bits per heavy atom. The standard InChI is InChI=1S/C9H11BrF3NO/c1-6(10)8(15)14-4-2-7(3-5-14)9(11,12)13/h2,6H,3-5H2,1H3. The Bertz CT molecular complexity index is 286. The molecule has 86 valence electrons. The first-order chi connectivity index (χ1) is 6.82. The molecule has 0 spiro atoms. The van der Waals surface area contributed by atoms with E-state index in [1.807, 2.05) is 0 Å². The number of carbonyl (C=O) groups is 1. The van der Waals surface area contributed by atoms with E-state index in [1.165, 1.54) is 4.90 Å². The Hall–Kier alpha value is -0.520. The summed E-state index contributed by atoms with van der Waals surface area (Å²) in [4.78, 5) is 12.5. The number of nitrogens with zero attached hydrogens (tertiary/aromatic N) is 1. The van der Waals surface area contributed by atoms with Crippen LogP contribution in [0, 0.1) is 0 Å². The van der Waals surface area contributed by atoms with Gasteiger partial charge in [0.15, 0.2) is 0 Å². The van der Waals surface area contributed by atoms with Crippen LogP contribution in [0.5, 0.6) is 0 Å². The fourth-order valence-electron chi connectivity index (χ4n) is 1.38. The van der Waals surface area contributed by atoms with E-state index in [2.05, 4.69) is 15.9 Å². The first kappa shape index (κ1) is 12.5. The van der Waals surface area contributed by atoms with E-state index in [4.69, 9.17) is 0 Å². The van der Waals surface area contributed by atoms with Crippen LogP contribution in [0.1, 0.15) is 13.3 Å². The average Bonchev–Trinajstić information content (AvgIpc) is 2.15. The number of rotatable bonds is 1. The highest BCUT2D eigenvalue weighted by Crippen LogP contribution is 2.30. The van der Waals surface area contributed by atoms with Crippen LogP contribution in [0.4, 0.5) is 13.2 Å². The van der Waals surface area contributed by atoms with Crippen molar-refractivity contribution in [1.82, 2.24) is 4.90 Å². The molecule has 1 unspecified atom stereocenters. The van der Waals surface area contributed by atoms with Gasteiger partial charge < -0.3 is 4.90 Å². The zero-order valence-electron chi connectivity index (χ0n) is 8.14. The van der Waals surface area contributed by atoms with Crippen molar-refractivity contribution in [3.05, 3.63) is 11.6 Å². The van der Waals surface area contributed by atoms with Crippen LogP contribution in [-0.4, -0.2) is 34.9 Å². The molecule has 15 heavy (non-hydrogen) atoms. The first-order valence-corrected chi connectivity index (χ1v) is 5.43. The molecule has 0 bridgehead atoms. The summed E-state index contributed by atoms with van der Waals surface area (Å²) < 4.78 is 36.7. The van der Waals surface area contributed by atoms with E-state index < -0.39 is 11.7 Å². The van der Waals surface area contributed by atoms with Crippen LogP contribution < -0.4 is 0 Å². The Labute approximate surface area is 94.2 Å². The topological polar surface area (TPSA) is 20.3 Å². The number of halogens is 4. The molecule has 1 aliphatic rings. The second-order valence-electron chi connectivity index (χ2n) is 3.38. The number of alkyl halides is 4. The van der Waals surface area contributed by atoms with E-state index in [9.17, 15) is 18.0 Å². The van der Waals surface area contributed by atoms with Crippen molar-refractivity contribution in [2.75, 3.05) is 13.1 Å². The summed E-state index contributed by atoms with van der Waals surface area (Å²) in [7, 11) is 0. The molecule has 2 nitrogen and oxygen atoms in total. The Balaban J connectivity index is 2.62. The normalized spacial score (nSPS) is 19.8. The van der Waals surface area contributed by atoms with Gasteiger partial charge in [-0.1, -0.05) is 22.0 Å². The van der Waals surface area contributed by atoms with Gasteiger partial charge in [0.1, 0.15) is 0 Å². The van der Waals surface area contributed by atoms with Crippen LogP contribution in [0.2, 0.25) is 0 Å². The molecule has 0 aliphatic carbocycles. The number of amides is 1. The highest BCUT2D eigenvalue weighted by atomic mass is 79.9. The quantitative estimate of drug-likeness (QED) is 0.535. The number of carbonyl (C=O) groups excluding carboxylic acids is 1. The summed E-state index contributed by atoms with van der Waals surface area (Å²) in [6.07, 6.45) is -3.29. The van der Waals surface area contributed by atoms with Gasteiger partial charge in [-0.3, -0.25) is 4.79 Å². The highest BCUT2D eigenvalue weighted by Gasteiger charge is 2.35. The van der Waals surface area contributed by atoms with E-state index in [1.54, 1.807) is 6.92 Å². The summed E-state index contributed by atoms with van der Waals surface area (Å²) in [5, 5.41) is 0. The lowest BCUT2D eigenvalue weighted by Crippen LogP contribution is -2.39. The Morgan fingerprint density at radius 2 is 2.20 bits per heavy atom. The molecule has 0 fully saturated rings. The maximum Gasteiger partial charge on any atom is 0.412 e. The minimum Gasteiger partial charge on any atom is -0.338 e. The van der Waals surface area contributed by atoms with Gasteiger partial charge >= 0.3 is 6.18 Å². The molecule has 1 atom stereocenters. The molecular formula is C9H11BrF3NO. The molecule has 0 N–H and O–H groups in total. The lowest BCUT2D eigenvalue weighted by atomic mass is 10.1. The maximum atomic E-state index is 12.2. The van der Waals surface area contributed by atoms with Crippen molar-refractivity contribution in [2.45, 2.75) is 24.3 Å². The van der Waals surface area contributed by atoms with Crippen molar-refractivity contribution in [2.24, 2.45) is 0 Å². The first-order valence-electron chi connectivity index (χ1n) is 4.51. The summed E-state index contributed by atoms with van der Waals surface area (Å²) >= 11 is 3.10. The summed E-state index contributed by atoms with van der Waals surface area (Å²) in [5.41, 5.74) is -0.534. The molecule has 1 rings (SSSR count). The third kappa shape index (κ3) is 3.22. The second-order valence-corrected chi connectivity index (χ2v) is 4.75. The van der Waals surface area contributed by atoms with Gasteiger partial charge in [0, 0.05) is 18.7 Å². The van der Waals surface area contributed by atoms with E-state index in [0.717, 1.165) is 6.08 Å². The predicted octanol–water partition coefficient (Wildman–Crippen LogP) is 2.49. The van der Waals surface area contributed by atoms with Gasteiger partial charge in [-0.2, -0.15) is 13.2 Å². The van der Waals surface area contributed by atoms with Crippen molar-refractivity contribution < 1.29 is 18.0 Å². The van der Waals surface area contributed by atoms with E-state index in [0.29, 0.717) is 0 Å². The zero-order valence-corrected chi connectivity index (χ0v) is 9.73. The molecule has 1 heterocycles. The molecule has 6 heteroatoms. The van der Waals surface area contributed by atoms with Crippen molar-refractivity contribution in [1.29, 1.82) is 0 Å². The van der Waals surface area contributed by atoms with Crippen molar-refractivity contribution in [3.63, 3.8) is 0 Å². The molecule has 1 amide bonds. The molecule has 0 aromatic heterocycles. The number of hydrogen-bond acceptors (Lipinski definition) is 1. The van der Waals surface area contributed by atoms with Crippen LogP contribution in [-0.2, 0) is 4.79 Å². The van der Waals surface area contributed by atoms with Crippen LogP contribution in [0.25, 0.3) is 0 Å². The van der Waals surface area contributed by atoms with Gasteiger partial charge in [0.05, 0.1) is 4.83 Å². The fourth-order valence-corrected chi connectivity index (χ4v) is 1.67. The second kappa shape index (κ2) is 4.55. The van der Waals surface area contributed by atoms with Gasteiger partial charge in [0.2, 0.25) is 5.91 Å². The molecule has 0 saturated heterocycles. The molecular weight excluding hydrogens is 275 g/mol. The maximum absolute atomic E-state index is 12.2. The monoisotopic (exact) mass is 285 g/mol. The average molecular weight is 286 g/mol. The SMILES string of the molecule is CC(Br)C(=O)N1CC=C(C(F)(F)F)CC1. The third-order valence-corrected chi connectivity index (χ3v) is 2.62. The lowest BCUT2D eigenvalue weighted by Gasteiger charge is -2.28. The van der Waals surface area contributed by atoms with Crippen LogP contribution in [0.3, 0.4) is 0 Å². The smallest absolute Gasteiger partial charge is 0.338 e. The third-order valence-electron chi connectivity index (χ3n) is 2.23. The van der Waals surface area contributed by atoms with Gasteiger partial charge in [-0.25, -0.2) is 0 Å². The van der Waals surface area contributed by atoms with E-state index >= 15 is 0 Å². The van der Waals surface area contributed by atoms with Crippen LogP contribution >= 0.6 is 15.9 Å². The summed E-state index contributed by atoms with van der Waals surface area (Å²) in [6, 6.07) is 0. The zero-order chi connectivity index (χ0) is 11.6. The van der Waals surface area contributed by atoms with Crippen molar-refractivity contribution in [3.8, 4) is 0 Å². The summed E-state index contributed by atoms with van der Waals surface area (Å²) in [5.74, 6) is -0.174. The Kier molecular flexibility index (Phi) is 3.81. The van der Waals surface area contributed by atoms with Crippen molar-refractivity contribution >= 4 is 21.8 Å². The minimum atomic E-state index is -4.25. The van der Waals surface area contributed by atoms with Gasteiger partial charge in [0.25, 0.3) is 0 Å². The number of hydrogen-bond donors (Lipinski definition) is 0. The largest absolute Gasteiger partial charge is 0.412 e. The molecule has 1 aliphatic heterocycles. The molecule has 0 radical (unpaired) electrons. The Morgan fingerprint density at radius 1 is 1.60 bits per heavy atom.